The molecule has 164 valence electrons. The SMILES string of the molecule is Fc1cc(N(c2cc(F)c(F)c(F)c2F)c2cc(F)c(F)c(F)c2F)c(F)c(F)c1F. The fourth-order valence-electron chi connectivity index (χ4n) is 2.56. The second kappa shape index (κ2) is 7.71. The van der Waals surface area contributed by atoms with Gasteiger partial charge in [-0.2, -0.15) is 0 Å². The predicted octanol–water partition coefficient (Wildman–Crippen LogP) is 6.83. The Morgan fingerprint density at radius 1 is 0.323 bits per heavy atom. The van der Waals surface area contributed by atoms with Crippen molar-refractivity contribution in [3.05, 3.63) is 88.0 Å². The highest BCUT2D eigenvalue weighted by molar-refractivity contribution is 5.78. The Bertz CT molecular complexity index is 1070. The van der Waals surface area contributed by atoms with Gasteiger partial charge in [-0.05, 0) is 0 Å². The average Bonchev–Trinajstić information content (AvgIpc) is 2.74. The average molecular weight is 461 g/mol. The Labute approximate surface area is 163 Å². The smallest absolute Gasteiger partial charge is 0.199 e. The largest absolute Gasteiger partial charge is 0.301 e. The molecule has 13 heteroatoms. The van der Waals surface area contributed by atoms with E-state index in [4.69, 9.17) is 0 Å². The molecule has 0 aliphatic heterocycles. The third kappa shape index (κ3) is 3.43. The summed E-state index contributed by atoms with van der Waals surface area (Å²) in [6, 6.07) is -0.860. The first-order valence-electron chi connectivity index (χ1n) is 7.67. The lowest BCUT2D eigenvalue weighted by Crippen LogP contribution is -2.19. The van der Waals surface area contributed by atoms with Crippen LogP contribution in [0.4, 0.5) is 69.7 Å². The van der Waals surface area contributed by atoms with Crippen molar-refractivity contribution in [2.24, 2.45) is 0 Å². The zero-order chi connectivity index (χ0) is 23.4. The van der Waals surface area contributed by atoms with E-state index >= 15 is 0 Å². The van der Waals surface area contributed by atoms with Crippen LogP contribution in [0.5, 0.6) is 0 Å². The Morgan fingerprint density at radius 3 is 0.774 bits per heavy atom. The Morgan fingerprint density at radius 2 is 0.548 bits per heavy atom. The molecule has 3 rings (SSSR count). The molecule has 0 bridgehead atoms. The molecule has 3 aromatic rings. The van der Waals surface area contributed by atoms with Crippen molar-refractivity contribution in [3.8, 4) is 0 Å². The van der Waals surface area contributed by atoms with Gasteiger partial charge in [0.15, 0.2) is 69.8 Å². The Balaban J connectivity index is 2.50. The molecule has 31 heavy (non-hydrogen) atoms. The minimum Gasteiger partial charge on any atom is -0.301 e. The molecule has 0 heterocycles. The molecule has 0 atom stereocenters. The molecular weight excluding hydrogens is 458 g/mol. The third-order valence-corrected chi connectivity index (χ3v) is 3.97. The van der Waals surface area contributed by atoms with Crippen LogP contribution in [0.3, 0.4) is 0 Å². The number of hydrogen-bond donors (Lipinski definition) is 0. The van der Waals surface area contributed by atoms with E-state index < -0.39 is 91.8 Å². The van der Waals surface area contributed by atoms with Gasteiger partial charge in [0.25, 0.3) is 0 Å². The maximum atomic E-state index is 14.3. The third-order valence-electron chi connectivity index (χ3n) is 3.97. The molecule has 0 amide bonds. The van der Waals surface area contributed by atoms with Crippen molar-refractivity contribution in [2.75, 3.05) is 4.90 Å². The van der Waals surface area contributed by atoms with Crippen LogP contribution in [0, 0.1) is 69.8 Å². The van der Waals surface area contributed by atoms with Crippen molar-refractivity contribution >= 4 is 17.1 Å². The first-order valence-corrected chi connectivity index (χ1v) is 7.67. The number of nitrogens with zero attached hydrogens (tertiary/aromatic N) is 1. The summed E-state index contributed by atoms with van der Waals surface area (Å²) in [6.07, 6.45) is 0. The van der Waals surface area contributed by atoms with Crippen LogP contribution in [0.2, 0.25) is 0 Å². The van der Waals surface area contributed by atoms with Crippen LogP contribution in [0.25, 0.3) is 0 Å². The molecule has 0 fully saturated rings. The summed E-state index contributed by atoms with van der Waals surface area (Å²) in [5.41, 5.74) is -5.28. The first kappa shape index (κ1) is 22.3. The molecule has 0 aliphatic rings. The lowest BCUT2D eigenvalue weighted by atomic mass is 10.1. The summed E-state index contributed by atoms with van der Waals surface area (Å²) < 4.78 is 165. The van der Waals surface area contributed by atoms with Gasteiger partial charge in [0.1, 0.15) is 0 Å². The summed E-state index contributed by atoms with van der Waals surface area (Å²) in [4.78, 5) is -0.539. The standard InChI is InChI=1S/C18H3F12N/c19-4-1-7(13(25)16(28)10(4)22)31(8-2-5(20)11(23)17(29)14(8)26)9-3-6(21)12(24)18(30)15(9)27/h1-3H. The zero-order valence-corrected chi connectivity index (χ0v) is 14.2. The summed E-state index contributed by atoms with van der Waals surface area (Å²) in [6.45, 7) is 0. The molecule has 0 saturated heterocycles. The maximum Gasteiger partial charge on any atom is 0.199 e. The number of benzene rings is 3. The number of halogens is 12. The van der Waals surface area contributed by atoms with Gasteiger partial charge in [0, 0.05) is 18.2 Å². The Kier molecular flexibility index (Phi) is 5.54. The predicted molar refractivity (Wildman–Crippen MR) is 80.6 cm³/mol. The molecule has 0 radical (unpaired) electrons. The number of anilines is 3. The Hall–Kier alpha value is -3.38. The van der Waals surface area contributed by atoms with Gasteiger partial charge in [0.2, 0.25) is 0 Å². The second-order valence-electron chi connectivity index (χ2n) is 5.79. The molecular formula is C18H3F12N. The molecule has 0 saturated carbocycles. The molecule has 0 aromatic heterocycles. The molecule has 0 aliphatic carbocycles. The van der Waals surface area contributed by atoms with Gasteiger partial charge in [-0.15, -0.1) is 0 Å². The summed E-state index contributed by atoms with van der Waals surface area (Å²) in [7, 11) is 0. The van der Waals surface area contributed by atoms with Crippen molar-refractivity contribution in [2.45, 2.75) is 0 Å². The van der Waals surface area contributed by atoms with Crippen molar-refractivity contribution in [1.29, 1.82) is 0 Å². The summed E-state index contributed by atoms with van der Waals surface area (Å²) in [5, 5.41) is 0. The van der Waals surface area contributed by atoms with E-state index in [0.717, 1.165) is 0 Å². The molecule has 3 aromatic carbocycles. The van der Waals surface area contributed by atoms with Crippen LogP contribution in [0.15, 0.2) is 18.2 Å². The van der Waals surface area contributed by atoms with E-state index in [1.807, 2.05) is 0 Å². The highest BCUT2D eigenvalue weighted by Crippen LogP contribution is 2.42. The van der Waals surface area contributed by atoms with Gasteiger partial charge in [-0.1, -0.05) is 0 Å². The van der Waals surface area contributed by atoms with Crippen LogP contribution in [-0.4, -0.2) is 0 Å². The van der Waals surface area contributed by atoms with E-state index in [1.54, 1.807) is 0 Å². The fraction of sp³-hybridized carbons (Fsp3) is 0. The van der Waals surface area contributed by atoms with Crippen LogP contribution < -0.4 is 4.90 Å². The fourth-order valence-corrected chi connectivity index (χ4v) is 2.56. The lowest BCUT2D eigenvalue weighted by molar-refractivity contribution is 0.403. The maximum absolute atomic E-state index is 14.3. The van der Waals surface area contributed by atoms with E-state index in [2.05, 4.69) is 0 Å². The van der Waals surface area contributed by atoms with Gasteiger partial charge < -0.3 is 4.90 Å². The van der Waals surface area contributed by atoms with E-state index in [-0.39, 0.29) is 18.2 Å². The van der Waals surface area contributed by atoms with Crippen LogP contribution in [-0.2, 0) is 0 Å². The van der Waals surface area contributed by atoms with E-state index in [9.17, 15) is 52.7 Å². The van der Waals surface area contributed by atoms with Gasteiger partial charge >= 0.3 is 0 Å². The molecule has 1 nitrogen and oxygen atoms in total. The van der Waals surface area contributed by atoms with Gasteiger partial charge in [0.05, 0.1) is 17.1 Å². The van der Waals surface area contributed by atoms with Gasteiger partial charge in [-0.3, -0.25) is 0 Å². The quantitative estimate of drug-likeness (QED) is 0.235. The van der Waals surface area contributed by atoms with Crippen molar-refractivity contribution in [3.63, 3.8) is 0 Å². The van der Waals surface area contributed by atoms with Crippen molar-refractivity contribution in [1.82, 2.24) is 0 Å². The molecule has 0 N–H and O–H groups in total. The van der Waals surface area contributed by atoms with E-state index in [1.165, 1.54) is 0 Å². The monoisotopic (exact) mass is 461 g/mol. The second-order valence-corrected chi connectivity index (χ2v) is 5.79. The number of hydrogen-bond acceptors (Lipinski definition) is 1. The van der Waals surface area contributed by atoms with Gasteiger partial charge in [-0.25, -0.2) is 52.7 Å². The lowest BCUT2D eigenvalue weighted by Gasteiger charge is -2.27. The van der Waals surface area contributed by atoms with Crippen LogP contribution >= 0.6 is 0 Å². The zero-order valence-electron chi connectivity index (χ0n) is 14.2. The van der Waals surface area contributed by atoms with Crippen molar-refractivity contribution < 1.29 is 52.7 Å². The topological polar surface area (TPSA) is 3.24 Å². The normalized spacial score (nSPS) is 11.2. The first-order chi connectivity index (χ1) is 14.4. The minimum atomic E-state index is -2.59. The minimum absolute atomic E-state index is 0.287. The van der Waals surface area contributed by atoms with E-state index in [0.29, 0.717) is 0 Å². The summed E-state index contributed by atoms with van der Waals surface area (Å²) in [5.74, 6) is -29.0. The molecule has 0 unspecified atom stereocenters. The summed E-state index contributed by atoms with van der Waals surface area (Å²) >= 11 is 0. The number of rotatable bonds is 3. The molecule has 0 spiro atoms. The van der Waals surface area contributed by atoms with Crippen LogP contribution in [0.1, 0.15) is 0 Å². The highest BCUT2D eigenvalue weighted by Gasteiger charge is 2.33. The highest BCUT2D eigenvalue weighted by atomic mass is 19.2.